The van der Waals surface area contributed by atoms with Crippen LogP contribution >= 0.6 is 0 Å². The molecular formula is C21H21F3N4O2. The van der Waals surface area contributed by atoms with Crippen LogP contribution in [0.2, 0.25) is 0 Å². The maximum absolute atomic E-state index is 13.7. The Morgan fingerprint density at radius 2 is 1.80 bits per heavy atom. The summed E-state index contributed by atoms with van der Waals surface area (Å²) in [6, 6.07) is 7.29. The summed E-state index contributed by atoms with van der Waals surface area (Å²) in [5, 5.41) is 13.7. The number of fused-ring (bicyclic) bond motifs is 1. The van der Waals surface area contributed by atoms with Gasteiger partial charge in [0.1, 0.15) is 36.8 Å². The molecule has 0 amide bonds. The predicted molar refractivity (Wildman–Crippen MR) is 107 cm³/mol. The van der Waals surface area contributed by atoms with E-state index in [1.54, 1.807) is 13.0 Å². The summed E-state index contributed by atoms with van der Waals surface area (Å²) in [6.07, 6.45) is 2.74. The van der Waals surface area contributed by atoms with Gasteiger partial charge >= 0.3 is 0 Å². The molecule has 4 aromatic rings. The van der Waals surface area contributed by atoms with Crippen molar-refractivity contribution in [1.82, 2.24) is 19.7 Å². The molecule has 0 saturated carbocycles. The topological polar surface area (TPSA) is 77.0 Å². The van der Waals surface area contributed by atoms with Gasteiger partial charge in [-0.2, -0.15) is 5.10 Å². The summed E-state index contributed by atoms with van der Waals surface area (Å²) in [5.74, 6) is -3.14. The predicted octanol–water partition coefficient (Wildman–Crippen LogP) is 4.85. The van der Waals surface area contributed by atoms with E-state index in [0.29, 0.717) is 39.4 Å². The molecule has 6 nitrogen and oxygen atoms in total. The lowest BCUT2D eigenvalue weighted by Gasteiger charge is -2.12. The van der Waals surface area contributed by atoms with Crippen molar-refractivity contribution >= 4 is 11.1 Å². The molecule has 4 rings (SSSR count). The number of aromatic nitrogens is 4. The molecule has 0 aliphatic rings. The van der Waals surface area contributed by atoms with Crippen molar-refractivity contribution in [3.05, 3.63) is 54.4 Å². The second-order valence-electron chi connectivity index (χ2n) is 6.41. The van der Waals surface area contributed by atoms with Gasteiger partial charge in [-0.05, 0) is 37.3 Å². The first-order chi connectivity index (χ1) is 14.4. The van der Waals surface area contributed by atoms with E-state index in [4.69, 9.17) is 9.52 Å². The average molecular weight is 418 g/mol. The van der Waals surface area contributed by atoms with Crippen molar-refractivity contribution < 1.29 is 22.7 Å². The zero-order valence-corrected chi connectivity index (χ0v) is 16.7. The van der Waals surface area contributed by atoms with Crippen molar-refractivity contribution in [1.29, 1.82) is 0 Å². The van der Waals surface area contributed by atoms with Crippen molar-refractivity contribution in [2.45, 2.75) is 33.2 Å². The van der Waals surface area contributed by atoms with E-state index in [2.05, 4.69) is 15.1 Å². The number of nitrogens with zero attached hydrogens (tertiary/aromatic N) is 4. The molecule has 158 valence electrons. The van der Waals surface area contributed by atoms with Crippen LogP contribution < -0.4 is 0 Å². The minimum absolute atomic E-state index is 0.354. The number of benzene rings is 1. The van der Waals surface area contributed by atoms with E-state index in [1.165, 1.54) is 36.8 Å². The Kier molecular flexibility index (Phi) is 6.21. The SMILES string of the molecule is CC.Cc1cc2c(-c3cn(CC(F)(F)CO)nc3-c3ccc(F)cc3)ncnc2o1. The van der Waals surface area contributed by atoms with Crippen LogP contribution in [0.3, 0.4) is 0 Å². The molecule has 0 fully saturated rings. The van der Waals surface area contributed by atoms with Crippen molar-refractivity contribution in [3.63, 3.8) is 0 Å². The summed E-state index contributed by atoms with van der Waals surface area (Å²) in [6.45, 7) is 3.65. The second-order valence-corrected chi connectivity index (χ2v) is 6.41. The summed E-state index contributed by atoms with van der Waals surface area (Å²) in [7, 11) is 0. The third-order valence-corrected chi connectivity index (χ3v) is 4.21. The minimum atomic E-state index is -3.34. The van der Waals surface area contributed by atoms with Gasteiger partial charge in [0.25, 0.3) is 5.92 Å². The minimum Gasteiger partial charge on any atom is -0.443 e. The third-order valence-electron chi connectivity index (χ3n) is 4.21. The van der Waals surface area contributed by atoms with Gasteiger partial charge in [-0.15, -0.1) is 0 Å². The molecule has 0 radical (unpaired) electrons. The van der Waals surface area contributed by atoms with Crippen LogP contribution in [-0.4, -0.2) is 37.4 Å². The Morgan fingerprint density at radius 3 is 2.47 bits per heavy atom. The fourth-order valence-corrected chi connectivity index (χ4v) is 2.97. The molecule has 3 heterocycles. The van der Waals surface area contributed by atoms with E-state index in [0.717, 1.165) is 4.68 Å². The molecule has 0 aliphatic carbocycles. The second kappa shape index (κ2) is 8.66. The molecule has 1 N–H and O–H groups in total. The fourth-order valence-electron chi connectivity index (χ4n) is 2.97. The summed E-state index contributed by atoms with van der Waals surface area (Å²) in [4.78, 5) is 8.36. The highest BCUT2D eigenvalue weighted by atomic mass is 19.3. The van der Waals surface area contributed by atoms with E-state index in [-0.39, 0.29) is 0 Å². The van der Waals surface area contributed by atoms with E-state index in [9.17, 15) is 13.2 Å². The number of aliphatic hydroxyl groups excluding tert-OH is 1. The molecule has 3 aromatic heterocycles. The lowest BCUT2D eigenvalue weighted by atomic mass is 10.0. The lowest BCUT2D eigenvalue weighted by molar-refractivity contribution is -0.0651. The zero-order chi connectivity index (χ0) is 21.9. The standard InChI is InChI=1S/C19H15F3N4O2.C2H6/c1-11-6-14-17(23-10-24-18(14)28-11)15-7-26(8-19(21,22)9-27)25-16(15)12-2-4-13(20)5-3-12;1-2/h2-7,10,27H,8-9H2,1H3;1-2H3. The first-order valence-electron chi connectivity index (χ1n) is 9.40. The van der Waals surface area contributed by atoms with Gasteiger partial charge in [-0.3, -0.25) is 4.68 Å². The highest BCUT2D eigenvalue weighted by Gasteiger charge is 2.30. The number of hydrogen-bond donors (Lipinski definition) is 1. The largest absolute Gasteiger partial charge is 0.443 e. The normalized spacial score (nSPS) is 11.4. The monoisotopic (exact) mass is 418 g/mol. The van der Waals surface area contributed by atoms with Gasteiger partial charge in [0.15, 0.2) is 0 Å². The van der Waals surface area contributed by atoms with E-state index >= 15 is 0 Å². The van der Waals surface area contributed by atoms with Crippen LogP contribution in [0.15, 0.2) is 47.3 Å². The molecule has 9 heteroatoms. The first kappa shape index (κ1) is 21.5. The molecule has 0 bridgehead atoms. The van der Waals surface area contributed by atoms with Gasteiger partial charge in [0.2, 0.25) is 5.71 Å². The van der Waals surface area contributed by atoms with Crippen molar-refractivity contribution in [2.24, 2.45) is 0 Å². The number of aliphatic hydroxyl groups is 1. The number of furan rings is 1. The highest BCUT2D eigenvalue weighted by Crippen LogP contribution is 2.35. The van der Waals surface area contributed by atoms with Gasteiger partial charge in [0, 0.05) is 17.3 Å². The van der Waals surface area contributed by atoms with Gasteiger partial charge in [0.05, 0.1) is 11.1 Å². The number of alkyl halides is 2. The van der Waals surface area contributed by atoms with Crippen LogP contribution in [0.1, 0.15) is 19.6 Å². The molecule has 1 aromatic carbocycles. The third kappa shape index (κ3) is 4.35. The zero-order valence-electron chi connectivity index (χ0n) is 16.7. The quantitative estimate of drug-likeness (QED) is 0.501. The number of halogens is 3. The molecule has 0 spiro atoms. The Labute approximate surface area is 171 Å². The average Bonchev–Trinajstić information content (AvgIpc) is 3.32. The maximum Gasteiger partial charge on any atom is 0.289 e. The van der Waals surface area contributed by atoms with E-state index < -0.39 is 24.9 Å². The lowest BCUT2D eigenvalue weighted by Crippen LogP contribution is -2.28. The van der Waals surface area contributed by atoms with Crippen LogP contribution in [-0.2, 0) is 6.54 Å². The molecule has 30 heavy (non-hydrogen) atoms. The maximum atomic E-state index is 13.7. The molecule has 0 aliphatic heterocycles. The van der Waals surface area contributed by atoms with Crippen LogP contribution in [0.5, 0.6) is 0 Å². The summed E-state index contributed by atoms with van der Waals surface area (Å²) in [5.41, 5.74) is 2.18. The first-order valence-corrected chi connectivity index (χ1v) is 9.40. The molecule has 0 unspecified atom stereocenters. The summed E-state index contributed by atoms with van der Waals surface area (Å²) < 4.78 is 47.3. The van der Waals surface area contributed by atoms with Crippen molar-refractivity contribution in [3.8, 4) is 22.5 Å². The van der Waals surface area contributed by atoms with Gasteiger partial charge in [-0.1, -0.05) is 13.8 Å². The Bertz CT molecular complexity index is 1140. The van der Waals surface area contributed by atoms with Crippen molar-refractivity contribution in [2.75, 3.05) is 6.61 Å². The smallest absolute Gasteiger partial charge is 0.289 e. The number of aryl methyl sites for hydroxylation is 1. The van der Waals surface area contributed by atoms with Gasteiger partial charge in [-0.25, -0.2) is 23.1 Å². The summed E-state index contributed by atoms with van der Waals surface area (Å²) >= 11 is 0. The highest BCUT2D eigenvalue weighted by molar-refractivity contribution is 5.94. The molecule has 0 atom stereocenters. The fraction of sp³-hybridized carbons (Fsp3) is 0.286. The molecule has 0 saturated heterocycles. The van der Waals surface area contributed by atoms with Crippen LogP contribution in [0.4, 0.5) is 13.2 Å². The van der Waals surface area contributed by atoms with E-state index in [1.807, 2.05) is 13.8 Å². The Hall–Kier alpha value is -3.20. The van der Waals surface area contributed by atoms with Gasteiger partial charge < -0.3 is 9.52 Å². The van der Waals surface area contributed by atoms with Crippen LogP contribution in [0, 0.1) is 12.7 Å². The number of rotatable bonds is 5. The number of hydrogen-bond acceptors (Lipinski definition) is 5. The van der Waals surface area contributed by atoms with Crippen LogP contribution in [0.25, 0.3) is 33.6 Å². The molecular weight excluding hydrogens is 397 g/mol. The Balaban J connectivity index is 0.00000124. The Morgan fingerprint density at radius 1 is 1.10 bits per heavy atom.